The van der Waals surface area contributed by atoms with Gasteiger partial charge in [-0.2, -0.15) is 0 Å². The predicted octanol–water partition coefficient (Wildman–Crippen LogP) is 3.84. The Morgan fingerprint density at radius 2 is 1.76 bits per heavy atom. The van der Waals surface area contributed by atoms with E-state index in [0.717, 1.165) is 24.2 Å². The van der Waals surface area contributed by atoms with E-state index < -0.39 is 15.8 Å². The van der Waals surface area contributed by atoms with Crippen molar-refractivity contribution in [2.45, 2.75) is 37.9 Å². The van der Waals surface area contributed by atoms with Crippen molar-refractivity contribution >= 4 is 21.9 Å². The first-order valence-corrected chi connectivity index (χ1v) is 11.1. The highest BCUT2D eigenvalue weighted by molar-refractivity contribution is 7.91. The van der Waals surface area contributed by atoms with Crippen molar-refractivity contribution in [3.8, 4) is 5.75 Å². The lowest BCUT2D eigenvalue weighted by Gasteiger charge is -2.10. The number of aliphatic carboxylic acids is 1. The monoisotopic (exact) mass is 416 g/mol. The van der Waals surface area contributed by atoms with Gasteiger partial charge in [-0.25, -0.2) is 13.2 Å². The van der Waals surface area contributed by atoms with Gasteiger partial charge in [-0.15, -0.1) is 0 Å². The summed E-state index contributed by atoms with van der Waals surface area (Å²) in [4.78, 5) is 11.5. The van der Waals surface area contributed by atoms with Crippen LogP contribution in [-0.4, -0.2) is 31.9 Å². The molecular weight excluding hydrogens is 392 g/mol. The molecule has 1 N–H and O–H groups in total. The minimum absolute atomic E-state index is 0.0170. The van der Waals surface area contributed by atoms with Crippen molar-refractivity contribution in [2.24, 2.45) is 0 Å². The van der Waals surface area contributed by atoms with E-state index in [4.69, 9.17) is 9.47 Å². The summed E-state index contributed by atoms with van der Waals surface area (Å²) >= 11 is 0. The van der Waals surface area contributed by atoms with E-state index >= 15 is 0 Å². The Morgan fingerprint density at radius 1 is 1.07 bits per heavy atom. The zero-order valence-corrected chi connectivity index (χ0v) is 17.1. The van der Waals surface area contributed by atoms with Gasteiger partial charge in [-0.3, -0.25) is 0 Å². The van der Waals surface area contributed by atoms with E-state index in [-0.39, 0.29) is 22.6 Å². The maximum atomic E-state index is 12.4. The normalized spacial score (nSPS) is 15.1. The molecule has 0 aliphatic carbocycles. The van der Waals surface area contributed by atoms with Crippen LogP contribution in [0.1, 0.15) is 36.5 Å². The Morgan fingerprint density at radius 3 is 2.41 bits per heavy atom. The molecule has 2 aromatic rings. The molecule has 2 aromatic carbocycles. The topological polar surface area (TPSA) is 89.9 Å². The van der Waals surface area contributed by atoms with Gasteiger partial charge < -0.3 is 14.6 Å². The van der Waals surface area contributed by atoms with E-state index in [1.807, 2.05) is 24.3 Å². The van der Waals surface area contributed by atoms with Crippen molar-refractivity contribution in [3.05, 3.63) is 64.7 Å². The van der Waals surface area contributed by atoms with Gasteiger partial charge in [0.15, 0.2) is 9.84 Å². The number of fused-ring (bicyclic) bond motifs is 1. The third-order valence-electron chi connectivity index (χ3n) is 4.61. The number of rotatable bonds is 8. The first kappa shape index (κ1) is 21.1. The molecular formula is C22H24O6S. The average molecular weight is 416 g/mol. The van der Waals surface area contributed by atoms with Gasteiger partial charge in [0.2, 0.25) is 0 Å². The molecule has 0 atom stereocenters. The molecule has 0 aromatic heterocycles. The summed E-state index contributed by atoms with van der Waals surface area (Å²) in [6.45, 7) is 3.69. The van der Waals surface area contributed by atoms with Gasteiger partial charge >= 0.3 is 5.97 Å². The molecule has 1 aliphatic rings. The third-order valence-corrected chi connectivity index (χ3v) is 6.39. The van der Waals surface area contributed by atoms with Crippen molar-refractivity contribution in [2.75, 3.05) is 12.4 Å². The molecule has 0 bridgehead atoms. The Hall–Kier alpha value is -2.64. The minimum Gasteiger partial charge on any atom is -0.489 e. The van der Waals surface area contributed by atoms with Crippen molar-refractivity contribution < 1.29 is 27.8 Å². The van der Waals surface area contributed by atoms with Crippen LogP contribution in [0.3, 0.4) is 0 Å². The molecule has 154 valence electrons. The molecule has 0 amide bonds. The fourth-order valence-corrected chi connectivity index (χ4v) is 4.49. The summed E-state index contributed by atoms with van der Waals surface area (Å²) in [6, 6.07) is 12.5. The molecule has 0 fully saturated rings. The molecule has 0 saturated heterocycles. The van der Waals surface area contributed by atoms with Crippen LogP contribution in [0.4, 0.5) is 0 Å². The van der Waals surface area contributed by atoms with Crippen molar-refractivity contribution in [1.29, 1.82) is 0 Å². The van der Waals surface area contributed by atoms with Gasteiger partial charge in [0.05, 0.1) is 17.3 Å². The van der Waals surface area contributed by atoms with Crippen LogP contribution < -0.4 is 4.74 Å². The number of sulfone groups is 1. The number of hydrogen-bond acceptors (Lipinski definition) is 5. The fraction of sp³-hybridized carbons (Fsp3) is 0.318. The Kier molecular flexibility index (Phi) is 6.71. The van der Waals surface area contributed by atoms with E-state index in [2.05, 4.69) is 6.92 Å². The number of carbonyl (C=O) groups is 1. The highest BCUT2D eigenvalue weighted by atomic mass is 32.2. The maximum absolute atomic E-state index is 12.4. The van der Waals surface area contributed by atoms with Gasteiger partial charge in [0, 0.05) is 12.2 Å². The summed E-state index contributed by atoms with van der Waals surface area (Å²) in [5.74, 6) is -0.841. The molecule has 1 aliphatic heterocycles. The summed E-state index contributed by atoms with van der Waals surface area (Å²) in [5.41, 5.74) is 2.48. The van der Waals surface area contributed by atoms with Gasteiger partial charge in [-0.1, -0.05) is 31.2 Å². The SMILES string of the molecule is CCCOCc1ccc(COc2ccc3c(c2)C=C(C(=O)O)CCS3(=O)=O)cc1. The smallest absolute Gasteiger partial charge is 0.331 e. The van der Waals surface area contributed by atoms with E-state index in [9.17, 15) is 18.3 Å². The summed E-state index contributed by atoms with van der Waals surface area (Å²) in [6.07, 6.45) is 2.38. The zero-order chi connectivity index (χ0) is 20.9. The van der Waals surface area contributed by atoms with Gasteiger partial charge in [0.1, 0.15) is 12.4 Å². The summed E-state index contributed by atoms with van der Waals surface area (Å²) in [7, 11) is -3.53. The maximum Gasteiger partial charge on any atom is 0.331 e. The molecule has 29 heavy (non-hydrogen) atoms. The average Bonchev–Trinajstić information content (AvgIpc) is 2.83. The largest absolute Gasteiger partial charge is 0.489 e. The molecule has 7 heteroatoms. The molecule has 0 saturated carbocycles. The molecule has 0 spiro atoms. The molecule has 1 heterocycles. The molecule has 0 radical (unpaired) electrons. The lowest BCUT2D eigenvalue weighted by Crippen LogP contribution is -2.08. The number of carboxylic acids is 1. The summed E-state index contributed by atoms with van der Waals surface area (Å²) in [5, 5.41) is 9.27. The van der Waals surface area contributed by atoms with Crippen LogP contribution in [0.25, 0.3) is 6.08 Å². The molecule has 0 unspecified atom stereocenters. The van der Waals surface area contributed by atoms with Crippen LogP contribution >= 0.6 is 0 Å². The number of hydrogen-bond donors (Lipinski definition) is 1. The predicted molar refractivity (Wildman–Crippen MR) is 109 cm³/mol. The Labute approximate surface area is 170 Å². The van der Waals surface area contributed by atoms with Crippen LogP contribution in [-0.2, 0) is 32.6 Å². The second-order valence-corrected chi connectivity index (χ2v) is 8.98. The number of benzene rings is 2. The first-order valence-electron chi connectivity index (χ1n) is 9.48. The lowest BCUT2D eigenvalue weighted by molar-refractivity contribution is -0.132. The minimum atomic E-state index is -3.53. The Balaban J connectivity index is 1.73. The third kappa shape index (κ3) is 5.46. The second-order valence-electron chi connectivity index (χ2n) is 6.90. The quantitative estimate of drug-likeness (QED) is 0.658. The van der Waals surface area contributed by atoms with Gasteiger partial charge in [0.25, 0.3) is 0 Å². The highest BCUT2D eigenvalue weighted by Gasteiger charge is 2.24. The van der Waals surface area contributed by atoms with Crippen LogP contribution in [0.15, 0.2) is 52.9 Å². The van der Waals surface area contributed by atoms with Crippen LogP contribution in [0.2, 0.25) is 0 Å². The lowest BCUT2D eigenvalue weighted by atomic mass is 10.1. The van der Waals surface area contributed by atoms with Crippen molar-refractivity contribution in [3.63, 3.8) is 0 Å². The molecule has 3 rings (SSSR count). The van der Waals surface area contributed by atoms with Crippen LogP contribution in [0, 0.1) is 0 Å². The zero-order valence-electron chi connectivity index (χ0n) is 16.3. The Bertz CT molecular complexity index is 1010. The highest BCUT2D eigenvalue weighted by Crippen LogP contribution is 2.29. The standard InChI is InChI=1S/C22H24O6S/c1-2-10-27-14-16-3-5-17(6-4-16)15-28-20-7-8-21-19(13-20)12-18(22(23)24)9-11-29(21,25)26/h3-8,12-13H,2,9-11,14-15H2,1H3,(H,23,24). The van der Waals surface area contributed by atoms with E-state index in [0.29, 0.717) is 24.5 Å². The van der Waals surface area contributed by atoms with E-state index in [1.165, 1.54) is 12.1 Å². The fourth-order valence-electron chi connectivity index (χ4n) is 3.03. The molecule has 6 nitrogen and oxygen atoms in total. The van der Waals surface area contributed by atoms with Crippen LogP contribution in [0.5, 0.6) is 5.75 Å². The number of carboxylic acid groups (broad SMARTS) is 1. The summed E-state index contributed by atoms with van der Waals surface area (Å²) < 4.78 is 36.1. The number of ether oxygens (including phenoxy) is 2. The second kappa shape index (κ2) is 9.24. The van der Waals surface area contributed by atoms with Gasteiger partial charge in [-0.05, 0) is 53.8 Å². The van der Waals surface area contributed by atoms with Crippen molar-refractivity contribution in [1.82, 2.24) is 0 Å². The first-order chi connectivity index (χ1) is 13.9. The van der Waals surface area contributed by atoms with E-state index in [1.54, 1.807) is 12.1 Å².